The Bertz CT molecular complexity index is 626. The number of carboxylic acid groups (broad SMARTS) is 1. The summed E-state index contributed by atoms with van der Waals surface area (Å²) in [6.07, 6.45) is 3.25. The van der Waals surface area contributed by atoms with Gasteiger partial charge in [0, 0.05) is 12.1 Å². The monoisotopic (exact) mass is 307 g/mol. The Hall–Kier alpha value is -2.67. The van der Waals surface area contributed by atoms with Crippen LogP contribution in [0.1, 0.15) is 18.4 Å². The zero-order chi connectivity index (χ0) is 16.3. The Morgan fingerprint density at radius 1 is 1.23 bits per heavy atom. The van der Waals surface area contributed by atoms with Gasteiger partial charge in [-0.15, -0.1) is 0 Å². The zero-order valence-electron chi connectivity index (χ0n) is 11.7. The number of carboxylic acids is 1. The SMILES string of the molecule is O=C(O)C1=CCCC(NC(O)Cc2cc(O)c(O)c(O)c2)=C1. The number of aliphatic hydroxyl groups excluding tert-OH is 1. The first-order valence-corrected chi connectivity index (χ1v) is 6.69. The number of aliphatic carboxylic acids is 1. The highest BCUT2D eigenvalue weighted by molar-refractivity contribution is 5.90. The van der Waals surface area contributed by atoms with Crippen LogP contribution in [-0.4, -0.2) is 37.7 Å². The summed E-state index contributed by atoms with van der Waals surface area (Å²) in [7, 11) is 0. The molecule has 7 heteroatoms. The average molecular weight is 307 g/mol. The summed E-state index contributed by atoms with van der Waals surface area (Å²) in [4.78, 5) is 10.9. The van der Waals surface area contributed by atoms with Gasteiger partial charge in [0.15, 0.2) is 17.2 Å². The molecule has 0 radical (unpaired) electrons. The number of hydrogen-bond acceptors (Lipinski definition) is 6. The number of aliphatic hydroxyl groups is 1. The number of aromatic hydroxyl groups is 3. The van der Waals surface area contributed by atoms with Crippen molar-refractivity contribution in [2.75, 3.05) is 0 Å². The van der Waals surface area contributed by atoms with Crippen molar-refractivity contribution in [2.45, 2.75) is 25.5 Å². The van der Waals surface area contributed by atoms with E-state index in [1.807, 2.05) is 0 Å². The summed E-state index contributed by atoms with van der Waals surface area (Å²) in [5.41, 5.74) is 1.18. The normalized spacial score (nSPS) is 15.7. The summed E-state index contributed by atoms with van der Waals surface area (Å²) >= 11 is 0. The number of hydrogen-bond donors (Lipinski definition) is 6. The summed E-state index contributed by atoms with van der Waals surface area (Å²) < 4.78 is 0. The van der Waals surface area contributed by atoms with Crippen LogP contribution in [-0.2, 0) is 11.2 Å². The number of allylic oxidation sites excluding steroid dienone is 2. The smallest absolute Gasteiger partial charge is 0.335 e. The van der Waals surface area contributed by atoms with Crippen LogP contribution in [0.25, 0.3) is 0 Å². The van der Waals surface area contributed by atoms with E-state index in [-0.39, 0.29) is 12.0 Å². The lowest BCUT2D eigenvalue weighted by Gasteiger charge is -2.19. The third-order valence-electron chi connectivity index (χ3n) is 3.27. The minimum absolute atomic E-state index is 0.0604. The first-order valence-electron chi connectivity index (χ1n) is 6.69. The second-order valence-corrected chi connectivity index (χ2v) is 5.02. The van der Waals surface area contributed by atoms with Gasteiger partial charge < -0.3 is 30.8 Å². The minimum Gasteiger partial charge on any atom is -0.504 e. The highest BCUT2D eigenvalue weighted by atomic mass is 16.4. The highest BCUT2D eigenvalue weighted by Gasteiger charge is 2.15. The Morgan fingerprint density at radius 3 is 2.45 bits per heavy atom. The molecule has 6 N–H and O–H groups in total. The summed E-state index contributed by atoms with van der Waals surface area (Å²) in [6.45, 7) is 0. The topological polar surface area (TPSA) is 130 Å². The van der Waals surface area contributed by atoms with Crippen LogP contribution in [0.2, 0.25) is 0 Å². The molecule has 0 saturated heterocycles. The lowest BCUT2D eigenvalue weighted by molar-refractivity contribution is -0.132. The van der Waals surface area contributed by atoms with Crippen molar-refractivity contribution in [3.8, 4) is 17.2 Å². The fraction of sp³-hybridized carbons (Fsp3) is 0.267. The first kappa shape index (κ1) is 15.7. The molecule has 1 aromatic carbocycles. The molecule has 7 nitrogen and oxygen atoms in total. The van der Waals surface area contributed by atoms with E-state index < -0.39 is 29.4 Å². The van der Waals surface area contributed by atoms with E-state index in [1.54, 1.807) is 6.08 Å². The van der Waals surface area contributed by atoms with Gasteiger partial charge in [-0.1, -0.05) is 6.08 Å². The van der Waals surface area contributed by atoms with Gasteiger partial charge in [-0.3, -0.25) is 0 Å². The lowest BCUT2D eigenvalue weighted by atomic mass is 10.0. The molecular formula is C15H17NO6. The molecule has 1 aliphatic rings. The maximum atomic E-state index is 10.9. The maximum absolute atomic E-state index is 10.9. The van der Waals surface area contributed by atoms with Gasteiger partial charge in [0.05, 0.1) is 5.57 Å². The molecule has 1 aromatic rings. The standard InChI is InChI=1S/C15H17NO6/c17-11-4-8(5-12(18)14(11)20)6-13(19)16-10-3-1-2-9(7-10)15(21)22/h2,4-5,7,13,16-20H,1,3,6H2,(H,21,22). The molecule has 0 amide bonds. The molecule has 1 atom stereocenters. The van der Waals surface area contributed by atoms with E-state index in [2.05, 4.69) is 5.32 Å². The fourth-order valence-corrected chi connectivity index (χ4v) is 2.23. The van der Waals surface area contributed by atoms with Gasteiger partial charge >= 0.3 is 5.97 Å². The third-order valence-corrected chi connectivity index (χ3v) is 3.27. The summed E-state index contributed by atoms with van der Waals surface area (Å²) in [5, 5.41) is 49.8. The molecule has 118 valence electrons. The number of carbonyl (C=O) groups is 1. The molecule has 0 aliphatic heterocycles. The van der Waals surface area contributed by atoms with E-state index in [0.29, 0.717) is 24.1 Å². The largest absolute Gasteiger partial charge is 0.504 e. The molecular weight excluding hydrogens is 290 g/mol. The van der Waals surface area contributed by atoms with Crippen molar-refractivity contribution in [1.29, 1.82) is 0 Å². The van der Waals surface area contributed by atoms with Crippen LogP contribution >= 0.6 is 0 Å². The average Bonchev–Trinajstić information content (AvgIpc) is 2.44. The molecule has 0 heterocycles. The van der Waals surface area contributed by atoms with Crippen LogP contribution in [0, 0.1) is 0 Å². The predicted octanol–water partition coefficient (Wildman–Crippen LogP) is 0.943. The first-order chi connectivity index (χ1) is 10.4. The molecule has 0 saturated carbocycles. The molecule has 22 heavy (non-hydrogen) atoms. The quantitative estimate of drug-likeness (QED) is 0.352. The number of rotatable bonds is 5. The fourth-order valence-electron chi connectivity index (χ4n) is 2.23. The minimum atomic E-state index is -1.03. The van der Waals surface area contributed by atoms with Crippen molar-refractivity contribution in [3.05, 3.63) is 41.1 Å². The maximum Gasteiger partial charge on any atom is 0.335 e. The van der Waals surface area contributed by atoms with Gasteiger partial charge in [-0.2, -0.15) is 0 Å². The van der Waals surface area contributed by atoms with Crippen LogP contribution in [0.3, 0.4) is 0 Å². The van der Waals surface area contributed by atoms with Crippen molar-refractivity contribution in [2.24, 2.45) is 0 Å². The van der Waals surface area contributed by atoms with Gasteiger partial charge in [-0.25, -0.2) is 4.79 Å². The highest BCUT2D eigenvalue weighted by Crippen LogP contribution is 2.35. The van der Waals surface area contributed by atoms with Crippen LogP contribution in [0.5, 0.6) is 17.2 Å². The Balaban J connectivity index is 2.03. The second kappa shape index (κ2) is 6.40. The molecule has 2 rings (SSSR count). The van der Waals surface area contributed by atoms with E-state index in [1.165, 1.54) is 18.2 Å². The Labute approximate surface area is 126 Å². The van der Waals surface area contributed by atoms with Crippen molar-refractivity contribution < 1.29 is 30.3 Å². The summed E-state index contributed by atoms with van der Waals surface area (Å²) in [5.74, 6) is -2.59. The van der Waals surface area contributed by atoms with Crippen LogP contribution in [0.15, 0.2) is 35.6 Å². The van der Waals surface area contributed by atoms with E-state index >= 15 is 0 Å². The zero-order valence-corrected chi connectivity index (χ0v) is 11.7. The molecule has 0 bridgehead atoms. The molecule has 0 fully saturated rings. The Morgan fingerprint density at radius 2 is 1.86 bits per heavy atom. The van der Waals surface area contributed by atoms with Crippen molar-refractivity contribution in [3.63, 3.8) is 0 Å². The predicted molar refractivity (Wildman–Crippen MR) is 77.3 cm³/mol. The number of benzene rings is 1. The van der Waals surface area contributed by atoms with E-state index in [9.17, 15) is 25.2 Å². The van der Waals surface area contributed by atoms with Gasteiger partial charge in [0.1, 0.15) is 6.23 Å². The molecule has 0 aromatic heterocycles. The summed E-state index contributed by atoms with van der Waals surface area (Å²) in [6, 6.07) is 2.47. The number of nitrogens with one attached hydrogen (secondary N) is 1. The second-order valence-electron chi connectivity index (χ2n) is 5.02. The van der Waals surface area contributed by atoms with E-state index in [4.69, 9.17) is 5.11 Å². The molecule has 0 spiro atoms. The van der Waals surface area contributed by atoms with Crippen molar-refractivity contribution in [1.82, 2.24) is 5.32 Å². The lowest BCUT2D eigenvalue weighted by Crippen LogP contribution is -2.31. The number of phenolic OH excluding ortho intramolecular Hbond substituents is 3. The van der Waals surface area contributed by atoms with Gasteiger partial charge in [0.25, 0.3) is 0 Å². The van der Waals surface area contributed by atoms with Crippen LogP contribution < -0.4 is 5.32 Å². The van der Waals surface area contributed by atoms with Crippen LogP contribution in [0.4, 0.5) is 0 Å². The van der Waals surface area contributed by atoms with Crippen molar-refractivity contribution >= 4 is 5.97 Å². The Kier molecular flexibility index (Phi) is 4.57. The molecule has 1 unspecified atom stereocenters. The number of phenols is 3. The van der Waals surface area contributed by atoms with Gasteiger partial charge in [-0.05, 0) is 36.6 Å². The third kappa shape index (κ3) is 3.70. The van der Waals surface area contributed by atoms with Gasteiger partial charge in [0.2, 0.25) is 0 Å². The van der Waals surface area contributed by atoms with E-state index in [0.717, 1.165) is 0 Å². The molecule has 1 aliphatic carbocycles.